The SMILES string of the molecule is Oc1ccccc1C=NCCSCCSCCN=Cc1ccccc1O. The summed E-state index contributed by atoms with van der Waals surface area (Å²) in [6.07, 6.45) is 3.46. The molecule has 0 bridgehead atoms. The van der Waals surface area contributed by atoms with Gasteiger partial charge >= 0.3 is 0 Å². The van der Waals surface area contributed by atoms with Crippen molar-refractivity contribution in [2.75, 3.05) is 36.1 Å². The smallest absolute Gasteiger partial charge is 0.124 e. The zero-order chi connectivity index (χ0) is 18.5. The summed E-state index contributed by atoms with van der Waals surface area (Å²) in [4.78, 5) is 8.69. The van der Waals surface area contributed by atoms with Crippen molar-refractivity contribution in [2.24, 2.45) is 9.98 Å². The Hall–Kier alpha value is -1.92. The minimum absolute atomic E-state index is 0.269. The Kier molecular flexibility index (Phi) is 9.75. The number of rotatable bonds is 11. The molecule has 0 radical (unpaired) electrons. The van der Waals surface area contributed by atoms with E-state index in [9.17, 15) is 10.2 Å². The quantitative estimate of drug-likeness (QED) is 0.449. The number of phenolic OH excluding ortho intramolecular Hbond substituents is 2. The average molecular weight is 389 g/mol. The van der Waals surface area contributed by atoms with Crippen LogP contribution < -0.4 is 0 Å². The molecule has 0 aromatic heterocycles. The fourth-order valence-corrected chi connectivity index (χ4v) is 3.90. The highest BCUT2D eigenvalue weighted by Gasteiger charge is 1.96. The van der Waals surface area contributed by atoms with E-state index in [4.69, 9.17) is 0 Å². The second-order valence-corrected chi connectivity index (χ2v) is 7.86. The van der Waals surface area contributed by atoms with Crippen molar-refractivity contribution in [3.8, 4) is 11.5 Å². The van der Waals surface area contributed by atoms with Crippen molar-refractivity contribution in [1.29, 1.82) is 0 Å². The summed E-state index contributed by atoms with van der Waals surface area (Å²) in [6.45, 7) is 1.52. The fraction of sp³-hybridized carbons (Fsp3) is 0.300. The van der Waals surface area contributed by atoms with Gasteiger partial charge in [0.2, 0.25) is 0 Å². The van der Waals surface area contributed by atoms with E-state index in [0.29, 0.717) is 0 Å². The lowest BCUT2D eigenvalue weighted by molar-refractivity contribution is 0.474. The molecule has 0 aliphatic heterocycles. The zero-order valence-corrected chi connectivity index (χ0v) is 16.3. The number of benzene rings is 2. The molecular formula is C20H24N2O2S2. The minimum atomic E-state index is 0.269. The number of aliphatic imine (C=N–C) groups is 2. The summed E-state index contributed by atoms with van der Waals surface area (Å²) in [6, 6.07) is 14.4. The van der Waals surface area contributed by atoms with Gasteiger partial charge in [0.1, 0.15) is 11.5 Å². The van der Waals surface area contributed by atoms with Gasteiger partial charge in [-0.3, -0.25) is 9.98 Å². The highest BCUT2D eigenvalue weighted by atomic mass is 32.2. The average Bonchev–Trinajstić information content (AvgIpc) is 2.65. The number of thioether (sulfide) groups is 2. The Morgan fingerprint density at radius 2 is 1.08 bits per heavy atom. The topological polar surface area (TPSA) is 65.2 Å². The lowest BCUT2D eigenvalue weighted by Crippen LogP contribution is -1.94. The van der Waals surface area contributed by atoms with Crippen molar-refractivity contribution >= 4 is 36.0 Å². The van der Waals surface area contributed by atoms with Crippen LogP contribution in [0.3, 0.4) is 0 Å². The Morgan fingerprint density at radius 3 is 1.50 bits per heavy atom. The first-order valence-electron chi connectivity index (χ1n) is 8.48. The van der Waals surface area contributed by atoms with Crippen molar-refractivity contribution < 1.29 is 10.2 Å². The summed E-state index contributed by atoms with van der Waals surface area (Å²) in [7, 11) is 0. The molecule has 2 aromatic rings. The highest BCUT2D eigenvalue weighted by Crippen LogP contribution is 2.14. The zero-order valence-electron chi connectivity index (χ0n) is 14.6. The number of phenols is 2. The Labute approximate surface area is 163 Å². The van der Waals surface area contributed by atoms with Crippen LogP contribution in [-0.4, -0.2) is 58.7 Å². The van der Waals surface area contributed by atoms with Gasteiger partial charge in [-0.15, -0.1) is 0 Å². The molecule has 0 spiro atoms. The van der Waals surface area contributed by atoms with E-state index in [1.165, 1.54) is 0 Å². The minimum Gasteiger partial charge on any atom is -0.507 e. The Morgan fingerprint density at radius 1 is 0.654 bits per heavy atom. The van der Waals surface area contributed by atoms with Gasteiger partial charge in [-0.25, -0.2) is 0 Å². The van der Waals surface area contributed by atoms with Crippen LogP contribution in [0, 0.1) is 0 Å². The van der Waals surface area contributed by atoms with Crippen LogP contribution in [0.2, 0.25) is 0 Å². The molecule has 0 saturated carbocycles. The van der Waals surface area contributed by atoms with E-state index in [2.05, 4.69) is 9.98 Å². The van der Waals surface area contributed by atoms with E-state index in [0.717, 1.165) is 47.2 Å². The molecule has 0 unspecified atom stereocenters. The maximum Gasteiger partial charge on any atom is 0.124 e. The molecule has 0 aliphatic carbocycles. The summed E-state index contributed by atoms with van der Waals surface area (Å²) < 4.78 is 0. The van der Waals surface area contributed by atoms with Crippen LogP contribution in [0.25, 0.3) is 0 Å². The van der Waals surface area contributed by atoms with Crippen LogP contribution in [0.1, 0.15) is 11.1 Å². The third-order valence-electron chi connectivity index (χ3n) is 3.44. The molecule has 2 N–H and O–H groups in total. The van der Waals surface area contributed by atoms with Gasteiger partial charge in [-0.2, -0.15) is 23.5 Å². The van der Waals surface area contributed by atoms with Crippen molar-refractivity contribution in [1.82, 2.24) is 0 Å². The lowest BCUT2D eigenvalue weighted by atomic mass is 10.2. The van der Waals surface area contributed by atoms with E-state index in [1.54, 1.807) is 36.7 Å². The Bertz CT molecular complexity index is 659. The normalized spacial score (nSPS) is 11.5. The molecule has 4 nitrogen and oxygen atoms in total. The molecule has 0 saturated heterocycles. The molecule has 2 aromatic carbocycles. The Balaban J connectivity index is 1.46. The summed E-state index contributed by atoms with van der Waals surface area (Å²) in [5.41, 5.74) is 1.52. The number of nitrogens with zero attached hydrogens (tertiary/aromatic N) is 2. The van der Waals surface area contributed by atoms with Crippen LogP contribution in [0.5, 0.6) is 11.5 Å². The largest absolute Gasteiger partial charge is 0.507 e. The van der Waals surface area contributed by atoms with E-state index in [-0.39, 0.29) is 11.5 Å². The summed E-state index contributed by atoms with van der Waals surface area (Å²) in [5.74, 6) is 4.70. The number of aromatic hydroxyl groups is 2. The maximum atomic E-state index is 9.63. The monoisotopic (exact) mass is 388 g/mol. The van der Waals surface area contributed by atoms with Gasteiger partial charge in [0, 0.05) is 59.7 Å². The van der Waals surface area contributed by atoms with Gasteiger partial charge in [0.25, 0.3) is 0 Å². The second kappa shape index (κ2) is 12.4. The van der Waals surface area contributed by atoms with E-state index < -0.39 is 0 Å². The molecule has 0 amide bonds. The molecule has 6 heteroatoms. The summed E-state index contributed by atoms with van der Waals surface area (Å²) >= 11 is 3.77. The van der Waals surface area contributed by atoms with Crippen LogP contribution in [-0.2, 0) is 0 Å². The lowest BCUT2D eigenvalue weighted by Gasteiger charge is -2.00. The van der Waals surface area contributed by atoms with Crippen LogP contribution >= 0.6 is 23.5 Å². The molecule has 0 fully saturated rings. The van der Waals surface area contributed by atoms with Gasteiger partial charge in [-0.1, -0.05) is 24.3 Å². The third kappa shape index (κ3) is 7.97. The molecule has 0 aliphatic rings. The van der Waals surface area contributed by atoms with Crippen molar-refractivity contribution in [3.63, 3.8) is 0 Å². The molecule has 2 rings (SSSR count). The van der Waals surface area contributed by atoms with Crippen molar-refractivity contribution in [2.45, 2.75) is 0 Å². The fourth-order valence-electron chi connectivity index (χ4n) is 2.08. The van der Waals surface area contributed by atoms with E-state index >= 15 is 0 Å². The third-order valence-corrected chi connectivity index (χ3v) is 5.62. The van der Waals surface area contributed by atoms with E-state index in [1.807, 2.05) is 47.8 Å². The predicted molar refractivity (Wildman–Crippen MR) is 116 cm³/mol. The first-order chi connectivity index (χ1) is 12.8. The van der Waals surface area contributed by atoms with Gasteiger partial charge in [0.05, 0.1) is 0 Å². The van der Waals surface area contributed by atoms with Gasteiger partial charge in [-0.05, 0) is 24.3 Å². The molecule has 0 atom stereocenters. The van der Waals surface area contributed by atoms with Crippen LogP contribution in [0.4, 0.5) is 0 Å². The van der Waals surface area contributed by atoms with Crippen molar-refractivity contribution in [3.05, 3.63) is 59.7 Å². The van der Waals surface area contributed by atoms with Crippen LogP contribution in [0.15, 0.2) is 58.5 Å². The number of hydrogen-bond acceptors (Lipinski definition) is 6. The molecular weight excluding hydrogens is 364 g/mol. The van der Waals surface area contributed by atoms with Gasteiger partial charge in [0.15, 0.2) is 0 Å². The van der Waals surface area contributed by atoms with Gasteiger partial charge < -0.3 is 10.2 Å². The molecule has 0 heterocycles. The predicted octanol–water partition coefficient (Wildman–Crippen LogP) is 4.10. The molecule has 138 valence electrons. The standard InChI is InChI=1S/C20H24N2O2S2/c23-19-7-3-1-5-17(19)15-21-9-11-25-13-14-26-12-10-22-16-18-6-2-4-8-20(18)24/h1-8,15-16,23-24H,9-14H2. The highest BCUT2D eigenvalue weighted by molar-refractivity contribution is 8.02. The second-order valence-electron chi connectivity index (χ2n) is 5.41. The maximum absolute atomic E-state index is 9.63. The summed E-state index contributed by atoms with van der Waals surface area (Å²) in [5, 5.41) is 19.3. The number of para-hydroxylation sites is 2. The number of hydrogen-bond donors (Lipinski definition) is 2. The first kappa shape index (κ1) is 20.4. The first-order valence-corrected chi connectivity index (χ1v) is 10.8. The molecule has 26 heavy (non-hydrogen) atoms.